The third kappa shape index (κ3) is 2.71. The highest BCUT2D eigenvalue weighted by atomic mass is 35.5. The van der Waals surface area contributed by atoms with E-state index in [0.717, 1.165) is 5.92 Å². The smallest absolute Gasteiger partial charge is 0.0198 e. The highest BCUT2D eigenvalue weighted by Gasteiger charge is 1.98. The fourth-order valence-corrected chi connectivity index (χ4v) is 0.935. The summed E-state index contributed by atoms with van der Waals surface area (Å²) in [6.07, 6.45) is 11.3. The van der Waals surface area contributed by atoms with Gasteiger partial charge in [-0.1, -0.05) is 31.2 Å². The lowest BCUT2D eigenvalue weighted by atomic mass is 9.99. The van der Waals surface area contributed by atoms with Crippen LogP contribution < -0.4 is 0 Å². The summed E-state index contributed by atoms with van der Waals surface area (Å²) in [5.41, 5.74) is 0. The first-order valence-corrected chi connectivity index (χ1v) is 3.27. The molecule has 0 bridgehead atoms. The molecular weight excluding hydrogens is 132 g/mol. The SMILES string of the molecule is CCC1C=CC=CC1.Cl. The minimum Gasteiger partial charge on any atom is -0.147 e. The third-order valence-electron chi connectivity index (χ3n) is 1.59. The first-order chi connectivity index (χ1) is 3.93. The van der Waals surface area contributed by atoms with Crippen LogP contribution in [-0.4, -0.2) is 0 Å². The molecular formula is C8H13Cl. The Morgan fingerprint density at radius 3 is 2.56 bits per heavy atom. The monoisotopic (exact) mass is 144 g/mol. The minimum absolute atomic E-state index is 0. The zero-order chi connectivity index (χ0) is 5.82. The van der Waals surface area contributed by atoms with Crippen molar-refractivity contribution in [1.82, 2.24) is 0 Å². The molecule has 0 nitrogen and oxygen atoms in total. The van der Waals surface area contributed by atoms with Gasteiger partial charge in [0.1, 0.15) is 0 Å². The lowest BCUT2D eigenvalue weighted by molar-refractivity contribution is 0.633. The fourth-order valence-electron chi connectivity index (χ4n) is 0.935. The Kier molecular flexibility index (Phi) is 4.51. The van der Waals surface area contributed by atoms with Crippen LogP contribution in [0.5, 0.6) is 0 Å². The Morgan fingerprint density at radius 2 is 2.22 bits per heavy atom. The van der Waals surface area contributed by atoms with Gasteiger partial charge in [-0.3, -0.25) is 0 Å². The molecule has 1 rings (SSSR count). The Labute approximate surface area is 63.1 Å². The van der Waals surface area contributed by atoms with Crippen molar-refractivity contribution in [1.29, 1.82) is 0 Å². The van der Waals surface area contributed by atoms with E-state index in [9.17, 15) is 0 Å². The quantitative estimate of drug-likeness (QED) is 0.531. The van der Waals surface area contributed by atoms with Gasteiger partial charge in [0.05, 0.1) is 0 Å². The van der Waals surface area contributed by atoms with E-state index < -0.39 is 0 Å². The number of halogens is 1. The number of rotatable bonds is 1. The van der Waals surface area contributed by atoms with Gasteiger partial charge in [0.25, 0.3) is 0 Å². The minimum atomic E-state index is 0. The van der Waals surface area contributed by atoms with Gasteiger partial charge >= 0.3 is 0 Å². The summed E-state index contributed by atoms with van der Waals surface area (Å²) in [5, 5.41) is 0. The van der Waals surface area contributed by atoms with Crippen LogP contribution in [0.2, 0.25) is 0 Å². The van der Waals surface area contributed by atoms with Crippen LogP contribution in [0, 0.1) is 5.92 Å². The maximum Gasteiger partial charge on any atom is -0.0198 e. The van der Waals surface area contributed by atoms with Crippen molar-refractivity contribution >= 4 is 12.4 Å². The molecule has 52 valence electrons. The average Bonchev–Trinajstić information content (AvgIpc) is 1.90. The van der Waals surface area contributed by atoms with Crippen LogP contribution in [0.4, 0.5) is 0 Å². The molecule has 1 aliphatic rings. The molecule has 0 N–H and O–H groups in total. The molecule has 0 saturated carbocycles. The standard InChI is InChI=1S/C8H12.ClH/c1-2-8-6-4-3-5-7-8;/h3-6,8H,2,7H2,1H3;1H. The molecule has 1 aliphatic carbocycles. The molecule has 0 saturated heterocycles. The molecule has 0 aromatic rings. The molecule has 1 atom stereocenters. The lowest BCUT2D eigenvalue weighted by Gasteiger charge is -2.07. The highest BCUT2D eigenvalue weighted by Crippen LogP contribution is 2.13. The first kappa shape index (κ1) is 8.77. The van der Waals surface area contributed by atoms with Crippen LogP contribution in [0.15, 0.2) is 24.3 Å². The molecule has 0 heterocycles. The van der Waals surface area contributed by atoms with Crippen molar-refractivity contribution in [2.45, 2.75) is 19.8 Å². The fraction of sp³-hybridized carbons (Fsp3) is 0.500. The Hall–Kier alpha value is -0.230. The molecule has 0 amide bonds. The third-order valence-corrected chi connectivity index (χ3v) is 1.59. The number of hydrogen-bond donors (Lipinski definition) is 0. The van der Waals surface area contributed by atoms with E-state index in [2.05, 4.69) is 31.2 Å². The number of hydrogen-bond acceptors (Lipinski definition) is 0. The van der Waals surface area contributed by atoms with E-state index >= 15 is 0 Å². The van der Waals surface area contributed by atoms with Crippen LogP contribution >= 0.6 is 12.4 Å². The second-order valence-electron chi connectivity index (χ2n) is 2.22. The molecule has 0 spiro atoms. The molecule has 1 unspecified atom stereocenters. The molecule has 0 radical (unpaired) electrons. The summed E-state index contributed by atoms with van der Waals surface area (Å²) in [6.45, 7) is 2.23. The Bertz CT molecular complexity index is 114. The van der Waals surface area contributed by atoms with Crippen molar-refractivity contribution in [3.8, 4) is 0 Å². The van der Waals surface area contributed by atoms with Crippen LogP contribution in [0.25, 0.3) is 0 Å². The molecule has 0 aliphatic heterocycles. The second-order valence-corrected chi connectivity index (χ2v) is 2.22. The van der Waals surface area contributed by atoms with Gasteiger partial charge in [-0.25, -0.2) is 0 Å². The predicted molar refractivity (Wildman–Crippen MR) is 43.9 cm³/mol. The largest absolute Gasteiger partial charge is 0.147 e. The van der Waals surface area contributed by atoms with Crippen LogP contribution in [0.3, 0.4) is 0 Å². The molecule has 1 heteroatoms. The van der Waals surface area contributed by atoms with Gasteiger partial charge in [0, 0.05) is 0 Å². The van der Waals surface area contributed by atoms with Gasteiger partial charge in [-0.15, -0.1) is 12.4 Å². The van der Waals surface area contributed by atoms with E-state index in [4.69, 9.17) is 0 Å². The predicted octanol–water partition coefficient (Wildman–Crippen LogP) is 2.95. The van der Waals surface area contributed by atoms with Crippen molar-refractivity contribution < 1.29 is 0 Å². The van der Waals surface area contributed by atoms with E-state index in [1.165, 1.54) is 12.8 Å². The zero-order valence-corrected chi connectivity index (χ0v) is 6.53. The normalized spacial score (nSPS) is 23.4. The van der Waals surface area contributed by atoms with Gasteiger partial charge in [0.15, 0.2) is 0 Å². The van der Waals surface area contributed by atoms with Gasteiger partial charge in [0.2, 0.25) is 0 Å². The van der Waals surface area contributed by atoms with Crippen molar-refractivity contribution in [3.05, 3.63) is 24.3 Å². The molecule has 0 aromatic heterocycles. The van der Waals surface area contributed by atoms with E-state index in [1.807, 2.05) is 0 Å². The molecule has 9 heavy (non-hydrogen) atoms. The van der Waals surface area contributed by atoms with Crippen LogP contribution in [-0.2, 0) is 0 Å². The lowest BCUT2D eigenvalue weighted by Crippen LogP contribution is -1.93. The summed E-state index contributed by atoms with van der Waals surface area (Å²) in [5.74, 6) is 0.819. The highest BCUT2D eigenvalue weighted by molar-refractivity contribution is 5.85. The second kappa shape index (κ2) is 4.63. The molecule has 0 fully saturated rings. The summed E-state index contributed by atoms with van der Waals surface area (Å²) >= 11 is 0. The van der Waals surface area contributed by atoms with Gasteiger partial charge < -0.3 is 0 Å². The van der Waals surface area contributed by atoms with Crippen LogP contribution in [0.1, 0.15) is 19.8 Å². The van der Waals surface area contributed by atoms with Crippen molar-refractivity contribution in [3.63, 3.8) is 0 Å². The van der Waals surface area contributed by atoms with Crippen molar-refractivity contribution in [2.24, 2.45) is 5.92 Å². The Morgan fingerprint density at radius 1 is 1.44 bits per heavy atom. The van der Waals surface area contributed by atoms with Crippen molar-refractivity contribution in [2.75, 3.05) is 0 Å². The first-order valence-electron chi connectivity index (χ1n) is 3.27. The number of allylic oxidation sites excluding steroid dienone is 4. The van der Waals surface area contributed by atoms with E-state index in [1.54, 1.807) is 0 Å². The Balaban J connectivity index is 0.000000640. The zero-order valence-electron chi connectivity index (χ0n) is 5.71. The summed E-state index contributed by atoms with van der Waals surface area (Å²) in [7, 11) is 0. The summed E-state index contributed by atoms with van der Waals surface area (Å²) in [4.78, 5) is 0. The van der Waals surface area contributed by atoms with E-state index in [0.29, 0.717) is 0 Å². The summed E-state index contributed by atoms with van der Waals surface area (Å²) < 4.78 is 0. The summed E-state index contributed by atoms with van der Waals surface area (Å²) in [6, 6.07) is 0. The average molecular weight is 145 g/mol. The maximum atomic E-state index is 2.28. The topological polar surface area (TPSA) is 0 Å². The maximum absolute atomic E-state index is 2.28. The molecule has 0 aromatic carbocycles. The van der Waals surface area contributed by atoms with Gasteiger partial charge in [-0.2, -0.15) is 0 Å². The van der Waals surface area contributed by atoms with E-state index in [-0.39, 0.29) is 12.4 Å². The van der Waals surface area contributed by atoms with Gasteiger partial charge in [-0.05, 0) is 18.8 Å².